The van der Waals surface area contributed by atoms with Gasteiger partial charge in [-0.1, -0.05) is 35.3 Å². The normalized spacial score (nSPS) is 16.2. The van der Waals surface area contributed by atoms with E-state index in [9.17, 15) is 4.79 Å². The van der Waals surface area contributed by atoms with Crippen molar-refractivity contribution in [2.75, 3.05) is 31.6 Å². The van der Waals surface area contributed by atoms with Gasteiger partial charge in [0.15, 0.2) is 0 Å². The molecule has 0 spiro atoms. The van der Waals surface area contributed by atoms with E-state index in [1.165, 1.54) is 0 Å². The van der Waals surface area contributed by atoms with Crippen LogP contribution in [0.3, 0.4) is 0 Å². The van der Waals surface area contributed by atoms with Gasteiger partial charge in [0.05, 0.1) is 28.8 Å². The maximum absolute atomic E-state index is 12.6. The molecule has 1 heterocycles. The minimum Gasteiger partial charge on any atom is -0.485 e. The Hall–Kier alpha value is -1.91. The van der Waals surface area contributed by atoms with Crippen molar-refractivity contribution in [1.29, 1.82) is 0 Å². The SMILES string of the molecule is CCN1C[C@@H](CN(C)C(=O)c2ccc(Cl)c(Cl)c2)Oc2ccccc21. The molecule has 1 amide bonds. The van der Waals surface area contributed by atoms with E-state index in [4.69, 9.17) is 27.9 Å². The van der Waals surface area contributed by atoms with Gasteiger partial charge in [-0.3, -0.25) is 4.79 Å². The highest BCUT2D eigenvalue weighted by molar-refractivity contribution is 6.42. The third-order valence-electron chi connectivity index (χ3n) is 4.30. The summed E-state index contributed by atoms with van der Waals surface area (Å²) in [7, 11) is 1.77. The predicted molar refractivity (Wildman–Crippen MR) is 102 cm³/mol. The molecule has 0 saturated carbocycles. The Bertz CT molecular complexity index is 782. The van der Waals surface area contributed by atoms with Crippen molar-refractivity contribution in [1.82, 2.24) is 4.90 Å². The number of benzene rings is 2. The lowest BCUT2D eigenvalue weighted by Gasteiger charge is -2.37. The summed E-state index contributed by atoms with van der Waals surface area (Å²) in [6.45, 7) is 4.24. The highest BCUT2D eigenvalue weighted by Crippen LogP contribution is 2.33. The topological polar surface area (TPSA) is 32.8 Å². The molecule has 0 aliphatic carbocycles. The summed E-state index contributed by atoms with van der Waals surface area (Å²) in [4.78, 5) is 16.6. The van der Waals surface area contributed by atoms with Gasteiger partial charge in [-0.15, -0.1) is 0 Å². The van der Waals surface area contributed by atoms with Crippen molar-refractivity contribution < 1.29 is 9.53 Å². The number of hydrogen-bond acceptors (Lipinski definition) is 3. The fraction of sp³-hybridized carbons (Fsp3) is 0.316. The third kappa shape index (κ3) is 3.86. The molecule has 1 aliphatic rings. The molecule has 4 nitrogen and oxygen atoms in total. The van der Waals surface area contributed by atoms with Crippen LogP contribution in [0.4, 0.5) is 5.69 Å². The number of para-hydroxylation sites is 2. The Balaban J connectivity index is 1.71. The van der Waals surface area contributed by atoms with Crippen molar-refractivity contribution >= 4 is 34.8 Å². The molecule has 3 rings (SSSR count). The number of carbonyl (C=O) groups excluding carboxylic acids is 1. The van der Waals surface area contributed by atoms with Crippen LogP contribution in [0.1, 0.15) is 17.3 Å². The Labute approximate surface area is 157 Å². The molecule has 1 atom stereocenters. The standard InChI is InChI=1S/C19H20Cl2N2O2/c1-3-23-12-14(25-18-7-5-4-6-17(18)23)11-22(2)19(24)13-8-9-15(20)16(21)10-13/h4-10,14H,3,11-12H2,1-2H3/t14-/m1/s1. The van der Waals surface area contributed by atoms with Crippen LogP contribution in [0.25, 0.3) is 0 Å². The van der Waals surface area contributed by atoms with Gasteiger partial charge in [-0.25, -0.2) is 0 Å². The van der Waals surface area contributed by atoms with Gasteiger partial charge < -0.3 is 14.5 Å². The molecule has 0 unspecified atom stereocenters. The third-order valence-corrected chi connectivity index (χ3v) is 5.04. The summed E-state index contributed by atoms with van der Waals surface area (Å²) < 4.78 is 6.08. The van der Waals surface area contributed by atoms with Crippen LogP contribution in [0.15, 0.2) is 42.5 Å². The average molecular weight is 379 g/mol. The zero-order valence-electron chi connectivity index (χ0n) is 14.2. The first-order valence-electron chi connectivity index (χ1n) is 8.20. The van der Waals surface area contributed by atoms with E-state index < -0.39 is 0 Å². The number of ether oxygens (including phenoxy) is 1. The second-order valence-corrected chi connectivity index (χ2v) is 6.88. The van der Waals surface area contributed by atoms with Crippen LogP contribution in [-0.4, -0.2) is 43.6 Å². The minimum absolute atomic E-state index is 0.0911. The average Bonchev–Trinajstić information content (AvgIpc) is 2.62. The molecule has 25 heavy (non-hydrogen) atoms. The molecule has 0 fully saturated rings. The summed E-state index contributed by atoms with van der Waals surface area (Å²) in [5.74, 6) is 0.750. The predicted octanol–water partition coefficient (Wildman–Crippen LogP) is 4.35. The van der Waals surface area contributed by atoms with Crippen LogP contribution in [-0.2, 0) is 0 Å². The van der Waals surface area contributed by atoms with Crippen molar-refractivity contribution in [3.05, 3.63) is 58.1 Å². The van der Waals surface area contributed by atoms with Crippen molar-refractivity contribution in [2.24, 2.45) is 0 Å². The van der Waals surface area contributed by atoms with Crippen LogP contribution >= 0.6 is 23.2 Å². The maximum atomic E-state index is 12.6. The van der Waals surface area contributed by atoms with Crippen molar-refractivity contribution in [3.8, 4) is 5.75 Å². The van der Waals surface area contributed by atoms with Gasteiger partial charge >= 0.3 is 0 Å². The van der Waals surface area contributed by atoms with Crippen molar-refractivity contribution in [3.63, 3.8) is 0 Å². The Kier molecular flexibility index (Phi) is 5.40. The highest BCUT2D eigenvalue weighted by Gasteiger charge is 2.27. The fourth-order valence-corrected chi connectivity index (χ4v) is 3.31. The summed E-state index contributed by atoms with van der Waals surface area (Å²) in [6.07, 6.45) is -0.0911. The van der Waals surface area contributed by atoms with Crippen LogP contribution < -0.4 is 9.64 Å². The molecule has 0 aromatic heterocycles. The lowest BCUT2D eigenvalue weighted by molar-refractivity contribution is 0.0709. The number of amides is 1. The van der Waals surface area contributed by atoms with E-state index >= 15 is 0 Å². The smallest absolute Gasteiger partial charge is 0.253 e. The first kappa shape index (κ1) is 17.9. The van der Waals surface area contributed by atoms with E-state index in [2.05, 4.69) is 17.9 Å². The molecule has 2 aromatic carbocycles. The Morgan fingerprint density at radius 2 is 2.00 bits per heavy atom. The molecule has 6 heteroatoms. The van der Waals surface area contributed by atoms with Gasteiger partial charge in [0.25, 0.3) is 5.91 Å². The lowest BCUT2D eigenvalue weighted by Crippen LogP contribution is -2.46. The number of rotatable bonds is 4. The minimum atomic E-state index is -0.107. The Morgan fingerprint density at radius 3 is 2.72 bits per heavy atom. The summed E-state index contributed by atoms with van der Waals surface area (Å²) in [6, 6.07) is 12.9. The number of likely N-dealkylation sites (N-methyl/N-ethyl adjacent to an activating group) is 2. The fourth-order valence-electron chi connectivity index (χ4n) is 3.01. The van der Waals surface area contributed by atoms with Gasteiger partial charge in [-0.2, -0.15) is 0 Å². The molecule has 0 N–H and O–H groups in total. The quantitative estimate of drug-likeness (QED) is 0.792. The summed E-state index contributed by atoms with van der Waals surface area (Å²) in [5.41, 5.74) is 1.61. The molecule has 0 bridgehead atoms. The summed E-state index contributed by atoms with van der Waals surface area (Å²) >= 11 is 11.9. The van der Waals surface area contributed by atoms with Crippen LogP contribution in [0.5, 0.6) is 5.75 Å². The van der Waals surface area contributed by atoms with Gasteiger partial charge in [-0.05, 0) is 37.3 Å². The number of nitrogens with zero attached hydrogens (tertiary/aromatic N) is 2. The van der Waals surface area contributed by atoms with Crippen LogP contribution in [0, 0.1) is 0 Å². The molecular weight excluding hydrogens is 359 g/mol. The number of halogens is 2. The zero-order valence-corrected chi connectivity index (χ0v) is 15.7. The van der Waals surface area contributed by atoms with E-state index in [0.717, 1.165) is 24.5 Å². The van der Waals surface area contributed by atoms with E-state index in [0.29, 0.717) is 22.2 Å². The first-order chi connectivity index (χ1) is 12.0. The second-order valence-electron chi connectivity index (χ2n) is 6.06. The van der Waals surface area contributed by atoms with E-state index in [1.807, 2.05) is 18.2 Å². The maximum Gasteiger partial charge on any atom is 0.253 e. The largest absolute Gasteiger partial charge is 0.485 e. The number of hydrogen-bond donors (Lipinski definition) is 0. The van der Waals surface area contributed by atoms with Crippen molar-refractivity contribution in [2.45, 2.75) is 13.0 Å². The van der Waals surface area contributed by atoms with Gasteiger partial charge in [0.1, 0.15) is 11.9 Å². The van der Waals surface area contributed by atoms with E-state index in [-0.39, 0.29) is 12.0 Å². The highest BCUT2D eigenvalue weighted by atomic mass is 35.5. The number of anilines is 1. The Morgan fingerprint density at radius 1 is 1.24 bits per heavy atom. The first-order valence-corrected chi connectivity index (χ1v) is 8.96. The number of carbonyl (C=O) groups is 1. The second kappa shape index (κ2) is 7.54. The molecule has 0 saturated heterocycles. The van der Waals surface area contributed by atoms with E-state index in [1.54, 1.807) is 30.1 Å². The zero-order chi connectivity index (χ0) is 18.0. The van der Waals surface area contributed by atoms with Gasteiger partial charge in [0, 0.05) is 19.2 Å². The van der Waals surface area contributed by atoms with Crippen LogP contribution in [0.2, 0.25) is 10.0 Å². The lowest BCUT2D eigenvalue weighted by atomic mass is 10.1. The molecule has 132 valence electrons. The van der Waals surface area contributed by atoms with Gasteiger partial charge in [0.2, 0.25) is 0 Å². The monoisotopic (exact) mass is 378 g/mol. The molecule has 1 aliphatic heterocycles. The molecule has 2 aromatic rings. The summed E-state index contributed by atoms with van der Waals surface area (Å²) in [5, 5.41) is 0.813. The molecular formula is C19H20Cl2N2O2. The number of fused-ring (bicyclic) bond motifs is 1. The molecule has 0 radical (unpaired) electrons.